The highest BCUT2D eigenvalue weighted by molar-refractivity contribution is 5.78. The molecule has 0 saturated heterocycles. The number of alkyl halides is 2. The van der Waals surface area contributed by atoms with Crippen LogP contribution in [0, 0.1) is 5.92 Å². The van der Waals surface area contributed by atoms with Gasteiger partial charge in [0.15, 0.2) is 0 Å². The fraction of sp³-hybridized carbons (Fsp3) is 0.367. The summed E-state index contributed by atoms with van der Waals surface area (Å²) >= 11 is 0. The summed E-state index contributed by atoms with van der Waals surface area (Å²) in [5.74, 6) is -0.599. The molecule has 0 radical (unpaired) electrons. The molecule has 3 nitrogen and oxygen atoms in total. The first-order valence-corrected chi connectivity index (χ1v) is 12.4. The average Bonchev–Trinajstić information content (AvgIpc) is 3.23. The third kappa shape index (κ3) is 5.79. The first-order chi connectivity index (χ1) is 16.9. The van der Waals surface area contributed by atoms with Crippen molar-refractivity contribution in [3.05, 3.63) is 94.5 Å². The van der Waals surface area contributed by atoms with Gasteiger partial charge in [-0.25, -0.2) is 8.78 Å². The highest BCUT2D eigenvalue weighted by Gasteiger charge is 2.28. The normalized spacial score (nSPS) is 14.9. The van der Waals surface area contributed by atoms with Gasteiger partial charge in [-0.1, -0.05) is 80.1 Å². The molecule has 0 heterocycles. The fourth-order valence-corrected chi connectivity index (χ4v) is 5.51. The van der Waals surface area contributed by atoms with E-state index in [0.29, 0.717) is 0 Å². The van der Waals surface area contributed by atoms with Crippen molar-refractivity contribution in [2.24, 2.45) is 11.7 Å². The molecule has 4 rings (SSSR count). The minimum atomic E-state index is -2.47. The van der Waals surface area contributed by atoms with E-state index >= 15 is 0 Å². The molecule has 0 amide bonds. The first kappa shape index (κ1) is 25.1. The molecule has 3 aromatic rings. The van der Waals surface area contributed by atoms with Gasteiger partial charge in [-0.2, -0.15) is 0 Å². The monoisotopic (exact) mass is 477 g/mol. The van der Waals surface area contributed by atoms with Crippen molar-refractivity contribution in [1.29, 1.82) is 0 Å². The third-order valence-corrected chi connectivity index (χ3v) is 7.47. The van der Waals surface area contributed by atoms with Crippen LogP contribution in [-0.2, 0) is 17.6 Å². The van der Waals surface area contributed by atoms with E-state index in [1.165, 1.54) is 39.9 Å². The maximum Gasteiger partial charge on any atom is 0.304 e. The van der Waals surface area contributed by atoms with Crippen LogP contribution in [0.2, 0.25) is 0 Å². The van der Waals surface area contributed by atoms with E-state index in [-0.39, 0.29) is 23.8 Å². The van der Waals surface area contributed by atoms with Gasteiger partial charge in [-0.15, -0.1) is 0 Å². The van der Waals surface area contributed by atoms with E-state index in [2.05, 4.69) is 49.4 Å². The summed E-state index contributed by atoms with van der Waals surface area (Å²) in [5.41, 5.74) is 13.9. The Labute approximate surface area is 206 Å². The second-order valence-corrected chi connectivity index (χ2v) is 9.65. The van der Waals surface area contributed by atoms with E-state index in [4.69, 9.17) is 5.73 Å². The molecule has 3 aromatic carbocycles. The van der Waals surface area contributed by atoms with Crippen molar-refractivity contribution >= 4 is 5.97 Å². The molecular weight excluding hydrogens is 444 g/mol. The summed E-state index contributed by atoms with van der Waals surface area (Å²) in [7, 11) is 0. The van der Waals surface area contributed by atoms with Gasteiger partial charge in [0.25, 0.3) is 6.43 Å². The smallest absolute Gasteiger partial charge is 0.304 e. The van der Waals surface area contributed by atoms with Crippen molar-refractivity contribution in [1.82, 2.24) is 0 Å². The van der Waals surface area contributed by atoms with Crippen molar-refractivity contribution in [2.45, 2.75) is 63.8 Å². The number of rotatable bonds is 11. The lowest BCUT2D eigenvalue weighted by Gasteiger charge is -2.28. The van der Waals surface area contributed by atoms with E-state index in [9.17, 15) is 18.7 Å². The summed E-state index contributed by atoms with van der Waals surface area (Å²) in [6.45, 7) is 2.07. The van der Waals surface area contributed by atoms with Crippen LogP contribution in [0.1, 0.15) is 72.8 Å². The van der Waals surface area contributed by atoms with Gasteiger partial charge < -0.3 is 10.8 Å². The highest BCUT2D eigenvalue weighted by Crippen LogP contribution is 2.43. The van der Waals surface area contributed by atoms with Crippen molar-refractivity contribution in [3.63, 3.8) is 0 Å². The zero-order valence-corrected chi connectivity index (χ0v) is 20.1. The first-order valence-electron chi connectivity index (χ1n) is 12.4. The molecule has 0 fully saturated rings. The molecular formula is C30H33F2NO2. The Morgan fingerprint density at radius 2 is 1.71 bits per heavy atom. The molecule has 35 heavy (non-hydrogen) atoms. The molecule has 3 atom stereocenters. The molecule has 1 aliphatic carbocycles. The number of halogens is 2. The molecule has 184 valence electrons. The Kier molecular flexibility index (Phi) is 7.97. The molecule has 0 spiro atoms. The lowest BCUT2D eigenvalue weighted by atomic mass is 9.78. The zero-order valence-electron chi connectivity index (χ0n) is 20.1. The summed E-state index contributed by atoms with van der Waals surface area (Å²) in [4.78, 5) is 11.3. The van der Waals surface area contributed by atoms with Crippen LogP contribution in [0.15, 0.2) is 66.7 Å². The van der Waals surface area contributed by atoms with Crippen molar-refractivity contribution < 1.29 is 18.7 Å². The molecule has 3 N–H and O–H groups in total. The Balaban J connectivity index is 1.62. The number of carboxylic acids is 1. The van der Waals surface area contributed by atoms with Crippen LogP contribution >= 0.6 is 0 Å². The maximum atomic E-state index is 13.0. The van der Waals surface area contributed by atoms with Gasteiger partial charge >= 0.3 is 5.97 Å². The second kappa shape index (κ2) is 11.1. The van der Waals surface area contributed by atoms with Gasteiger partial charge in [0.05, 0.1) is 6.42 Å². The Morgan fingerprint density at radius 1 is 1.00 bits per heavy atom. The number of fused-ring (bicyclic) bond motifs is 3. The molecule has 0 aliphatic heterocycles. The number of carbonyl (C=O) groups is 1. The van der Waals surface area contributed by atoms with Crippen LogP contribution in [0.5, 0.6) is 0 Å². The lowest BCUT2D eigenvalue weighted by Crippen LogP contribution is -2.33. The van der Waals surface area contributed by atoms with Crippen LogP contribution in [0.3, 0.4) is 0 Å². The van der Waals surface area contributed by atoms with Gasteiger partial charge in [0.2, 0.25) is 0 Å². The number of aryl methyl sites for hydroxylation is 1. The van der Waals surface area contributed by atoms with Crippen molar-refractivity contribution in [3.8, 4) is 11.1 Å². The number of hydrogen-bond acceptors (Lipinski definition) is 2. The number of carboxylic acid groups (broad SMARTS) is 1. The van der Waals surface area contributed by atoms with E-state index in [0.717, 1.165) is 37.7 Å². The molecule has 0 aromatic heterocycles. The van der Waals surface area contributed by atoms with Gasteiger partial charge in [0.1, 0.15) is 0 Å². The van der Waals surface area contributed by atoms with Crippen molar-refractivity contribution in [2.75, 3.05) is 0 Å². The fourth-order valence-electron chi connectivity index (χ4n) is 5.51. The maximum absolute atomic E-state index is 13.0. The predicted molar refractivity (Wildman–Crippen MR) is 136 cm³/mol. The third-order valence-electron chi connectivity index (χ3n) is 7.47. The zero-order chi connectivity index (χ0) is 24.9. The summed E-state index contributed by atoms with van der Waals surface area (Å²) < 4.78 is 25.9. The molecule has 3 unspecified atom stereocenters. The minimum absolute atomic E-state index is 0.0367. The number of hydrogen-bond donors (Lipinski definition) is 2. The summed E-state index contributed by atoms with van der Waals surface area (Å²) in [6, 6.07) is 21.2. The van der Waals surface area contributed by atoms with Gasteiger partial charge in [0, 0.05) is 11.6 Å². The Bertz CT molecular complexity index is 1160. The van der Waals surface area contributed by atoms with E-state index < -0.39 is 18.4 Å². The van der Waals surface area contributed by atoms with Gasteiger partial charge in [-0.3, -0.25) is 4.79 Å². The molecule has 1 aliphatic rings. The highest BCUT2D eigenvalue weighted by atomic mass is 19.3. The largest absolute Gasteiger partial charge is 0.481 e. The Hall–Kier alpha value is -3.05. The number of nitrogens with two attached hydrogens (primary N) is 1. The average molecular weight is 478 g/mol. The standard InChI is InChI=1S/C30H33F2NO2/c1-2-20(28(33)18-29(34)35)16-23(15-12-19-10-13-21(14-11-19)30(31)32)25-8-5-9-26-24-7-4-3-6-22(24)17-27(25)26/h3-11,13-14,20,23,28,30H,2,12,15-18,33H2,1H3,(H,34,35). The molecule has 0 saturated carbocycles. The summed E-state index contributed by atoms with van der Waals surface area (Å²) in [6.07, 6.45) is 1.59. The van der Waals surface area contributed by atoms with E-state index in [1.807, 2.05) is 0 Å². The van der Waals surface area contributed by atoms with Crippen LogP contribution in [-0.4, -0.2) is 17.1 Å². The predicted octanol–water partition coefficient (Wildman–Crippen LogP) is 7.13. The van der Waals surface area contributed by atoms with Gasteiger partial charge in [-0.05, 0) is 70.9 Å². The minimum Gasteiger partial charge on any atom is -0.481 e. The van der Waals surface area contributed by atoms with Crippen LogP contribution < -0.4 is 5.73 Å². The topological polar surface area (TPSA) is 63.3 Å². The van der Waals surface area contributed by atoms with Crippen LogP contribution in [0.4, 0.5) is 8.78 Å². The Morgan fingerprint density at radius 3 is 2.40 bits per heavy atom. The van der Waals surface area contributed by atoms with Crippen LogP contribution in [0.25, 0.3) is 11.1 Å². The molecule has 0 bridgehead atoms. The SMILES string of the molecule is CCC(CC(CCc1ccc(C(F)F)cc1)c1cccc2c1Cc1ccccc1-2)C(N)CC(=O)O. The van der Waals surface area contributed by atoms with E-state index in [1.54, 1.807) is 12.1 Å². The second-order valence-electron chi connectivity index (χ2n) is 9.65. The number of aliphatic carboxylic acids is 1. The summed E-state index contributed by atoms with van der Waals surface area (Å²) in [5, 5.41) is 9.29. The quantitative estimate of drug-likeness (QED) is 0.241. The number of benzene rings is 3. The lowest BCUT2D eigenvalue weighted by molar-refractivity contribution is -0.137. The molecule has 5 heteroatoms.